The van der Waals surface area contributed by atoms with Crippen LogP contribution in [0.4, 0.5) is 11.6 Å². The van der Waals surface area contributed by atoms with E-state index in [1.807, 2.05) is 30.3 Å². The van der Waals surface area contributed by atoms with Gasteiger partial charge in [-0.2, -0.15) is 0 Å². The van der Waals surface area contributed by atoms with Crippen LogP contribution in [0, 0.1) is 0 Å². The standard InChI is InChI=1S/C18H23N5O/c19-16-7-2-1-5-14(16)8-9-17(24)22-15-6-3-12-23(13-15)18-20-10-4-11-21-18/h1-2,4-5,7,10-11,15H,3,6,8-9,12-13,19H2,(H,22,24)/t15-/m0/s1. The van der Waals surface area contributed by atoms with Gasteiger partial charge in [-0.3, -0.25) is 4.79 Å². The zero-order valence-electron chi connectivity index (χ0n) is 13.7. The van der Waals surface area contributed by atoms with Gasteiger partial charge in [-0.25, -0.2) is 9.97 Å². The summed E-state index contributed by atoms with van der Waals surface area (Å²) in [6, 6.07) is 9.64. The number of carbonyl (C=O) groups excluding carboxylic acids is 1. The Hall–Kier alpha value is -2.63. The van der Waals surface area contributed by atoms with E-state index in [1.54, 1.807) is 12.4 Å². The molecule has 1 aromatic heterocycles. The molecule has 6 nitrogen and oxygen atoms in total. The number of piperidine rings is 1. The Labute approximate surface area is 142 Å². The summed E-state index contributed by atoms with van der Waals surface area (Å²) in [5.74, 6) is 0.799. The predicted molar refractivity (Wildman–Crippen MR) is 94.6 cm³/mol. The molecule has 0 radical (unpaired) electrons. The van der Waals surface area contributed by atoms with Crippen LogP contribution in [0.25, 0.3) is 0 Å². The van der Waals surface area contributed by atoms with Gasteiger partial charge in [0.25, 0.3) is 0 Å². The molecule has 1 aromatic carbocycles. The molecule has 2 aromatic rings. The quantitative estimate of drug-likeness (QED) is 0.819. The number of amides is 1. The highest BCUT2D eigenvalue weighted by molar-refractivity contribution is 5.76. The third kappa shape index (κ3) is 4.22. The Kier molecular flexibility index (Phi) is 5.25. The second-order valence-electron chi connectivity index (χ2n) is 6.10. The highest BCUT2D eigenvalue weighted by Gasteiger charge is 2.22. The SMILES string of the molecule is Nc1ccccc1CCC(=O)N[C@H]1CCCN(c2ncccn2)C1. The maximum atomic E-state index is 12.2. The molecular weight excluding hydrogens is 302 g/mol. The lowest BCUT2D eigenvalue weighted by atomic mass is 10.0. The van der Waals surface area contributed by atoms with E-state index in [4.69, 9.17) is 5.73 Å². The minimum Gasteiger partial charge on any atom is -0.399 e. The molecule has 0 bridgehead atoms. The van der Waals surface area contributed by atoms with E-state index in [-0.39, 0.29) is 11.9 Å². The third-order valence-corrected chi connectivity index (χ3v) is 4.30. The number of nitrogens with zero attached hydrogens (tertiary/aromatic N) is 3. The lowest BCUT2D eigenvalue weighted by Gasteiger charge is -2.33. The fourth-order valence-corrected chi connectivity index (χ4v) is 3.04. The summed E-state index contributed by atoms with van der Waals surface area (Å²) >= 11 is 0. The van der Waals surface area contributed by atoms with Crippen molar-refractivity contribution in [1.29, 1.82) is 0 Å². The largest absolute Gasteiger partial charge is 0.399 e. The molecule has 1 fully saturated rings. The molecule has 126 valence electrons. The van der Waals surface area contributed by atoms with Gasteiger partial charge in [-0.05, 0) is 37.0 Å². The fraction of sp³-hybridized carbons (Fsp3) is 0.389. The number of aromatic nitrogens is 2. The van der Waals surface area contributed by atoms with Gasteiger partial charge in [0.05, 0.1) is 0 Å². The van der Waals surface area contributed by atoms with Crippen LogP contribution in [0.5, 0.6) is 0 Å². The van der Waals surface area contributed by atoms with Gasteiger partial charge in [0, 0.05) is 43.6 Å². The van der Waals surface area contributed by atoms with Crippen molar-refractivity contribution < 1.29 is 4.79 Å². The van der Waals surface area contributed by atoms with Crippen molar-refractivity contribution in [2.24, 2.45) is 0 Å². The highest BCUT2D eigenvalue weighted by Crippen LogP contribution is 2.16. The molecule has 1 amide bonds. The zero-order valence-corrected chi connectivity index (χ0v) is 13.7. The highest BCUT2D eigenvalue weighted by atomic mass is 16.1. The number of hydrogen-bond acceptors (Lipinski definition) is 5. The number of rotatable bonds is 5. The van der Waals surface area contributed by atoms with Crippen molar-refractivity contribution in [2.45, 2.75) is 31.7 Å². The molecular formula is C18H23N5O. The van der Waals surface area contributed by atoms with Crippen molar-refractivity contribution in [3.05, 3.63) is 48.3 Å². The number of nitrogen functional groups attached to an aromatic ring is 1. The summed E-state index contributed by atoms with van der Waals surface area (Å²) in [7, 11) is 0. The first-order chi connectivity index (χ1) is 11.7. The number of anilines is 2. The van der Waals surface area contributed by atoms with E-state index < -0.39 is 0 Å². The normalized spacial score (nSPS) is 17.5. The number of aryl methyl sites for hydroxylation is 1. The van der Waals surface area contributed by atoms with Gasteiger partial charge in [-0.15, -0.1) is 0 Å². The molecule has 3 N–H and O–H groups in total. The molecule has 0 spiro atoms. The zero-order chi connectivity index (χ0) is 16.8. The summed E-state index contributed by atoms with van der Waals surface area (Å²) in [5, 5.41) is 3.13. The number of benzene rings is 1. The van der Waals surface area contributed by atoms with Crippen LogP contribution >= 0.6 is 0 Å². The van der Waals surface area contributed by atoms with Crippen LogP contribution in [0.15, 0.2) is 42.7 Å². The Balaban J connectivity index is 1.50. The van der Waals surface area contributed by atoms with Crippen molar-refractivity contribution in [3.63, 3.8) is 0 Å². The second kappa shape index (κ2) is 7.77. The van der Waals surface area contributed by atoms with E-state index in [0.717, 1.165) is 43.1 Å². The van der Waals surface area contributed by atoms with Crippen LogP contribution in [0.2, 0.25) is 0 Å². The maximum absolute atomic E-state index is 12.2. The molecule has 1 atom stereocenters. The van der Waals surface area contributed by atoms with Crippen LogP contribution in [-0.4, -0.2) is 35.0 Å². The van der Waals surface area contributed by atoms with E-state index in [0.29, 0.717) is 12.8 Å². The Morgan fingerprint density at radius 3 is 2.83 bits per heavy atom. The number of nitrogens with one attached hydrogen (secondary N) is 1. The first kappa shape index (κ1) is 16.2. The minimum atomic E-state index is 0.0686. The summed E-state index contributed by atoms with van der Waals surface area (Å²) in [6.45, 7) is 1.68. The molecule has 2 heterocycles. The first-order valence-corrected chi connectivity index (χ1v) is 8.37. The van der Waals surface area contributed by atoms with Crippen LogP contribution in [0.1, 0.15) is 24.8 Å². The molecule has 0 aliphatic carbocycles. The van der Waals surface area contributed by atoms with Crippen molar-refractivity contribution in [3.8, 4) is 0 Å². The molecule has 0 unspecified atom stereocenters. The average Bonchev–Trinajstić information content (AvgIpc) is 2.62. The van der Waals surface area contributed by atoms with Crippen LogP contribution in [0.3, 0.4) is 0 Å². The molecule has 1 saturated heterocycles. The maximum Gasteiger partial charge on any atom is 0.225 e. The van der Waals surface area contributed by atoms with Gasteiger partial charge in [0.1, 0.15) is 0 Å². The van der Waals surface area contributed by atoms with E-state index in [9.17, 15) is 4.79 Å². The topological polar surface area (TPSA) is 84.1 Å². The third-order valence-electron chi connectivity index (χ3n) is 4.30. The molecule has 24 heavy (non-hydrogen) atoms. The molecule has 1 aliphatic heterocycles. The average molecular weight is 325 g/mol. The summed E-state index contributed by atoms with van der Waals surface area (Å²) in [4.78, 5) is 22.9. The van der Waals surface area contributed by atoms with Gasteiger partial charge in [-0.1, -0.05) is 18.2 Å². The lowest BCUT2D eigenvalue weighted by molar-refractivity contribution is -0.121. The van der Waals surface area contributed by atoms with E-state index in [2.05, 4.69) is 20.2 Å². The molecule has 3 rings (SSSR count). The van der Waals surface area contributed by atoms with Gasteiger partial charge < -0.3 is 16.0 Å². The van der Waals surface area contributed by atoms with E-state index in [1.165, 1.54) is 0 Å². The molecule has 6 heteroatoms. The Morgan fingerprint density at radius 1 is 1.25 bits per heavy atom. The van der Waals surface area contributed by atoms with Crippen LogP contribution in [-0.2, 0) is 11.2 Å². The molecule has 1 aliphatic rings. The number of para-hydroxylation sites is 1. The Morgan fingerprint density at radius 2 is 2.04 bits per heavy atom. The minimum absolute atomic E-state index is 0.0686. The smallest absolute Gasteiger partial charge is 0.225 e. The van der Waals surface area contributed by atoms with Gasteiger partial charge in [0.2, 0.25) is 11.9 Å². The van der Waals surface area contributed by atoms with Gasteiger partial charge in [0.15, 0.2) is 0 Å². The van der Waals surface area contributed by atoms with Crippen LogP contribution < -0.4 is 16.0 Å². The lowest BCUT2D eigenvalue weighted by Crippen LogP contribution is -2.48. The monoisotopic (exact) mass is 325 g/mol. The van der Waals surface area contributed by atoms with Crippen molar-refractivity contribution >= 4 is 17.5 Å². The molecule has 0 saturated carbocycles. The number of nitrogens with two attached hydrogens (primary N) is 1. The Bertz CT molecular complexity index is 676. The summed E-state index contributed by atoms with van der Waals surface area (Å²) < 4.78 is 0. The number of carbonyl (C=O) groups is 1. The first-order valence-electron chi connectivity index (χ1n) is 8.37. The fourth-order valence-electron chi connectivity index (χ4n) is 3.04. The van der Waals surface area contributed by atoms with Crippen molar-refractivity contribution in [2.75, 3.05) is 23.7 Å². The summed E-state index contributed by atoms with van der Waals surface area (Å²) in [5.41, 5.74) is 7.69. The van der Waals surface area contributed by atoms with Crippen molar-refractivity contribution in [1.82, 2.24) is 15.3 Å². The number of hydrogen-bond donors (Lipinski definition) is 2. The summed E-state index contributed by atoms with van der Waals surface area (Å²) in [6.07, 6.45) is 6.62. The second-order valence-corrected chi connectivity index (χ2v) is 6.10. The predicted octanol–water partition coefficient (Wildman–Crippen LogP) is 1.78. The van der Waals surface area contributed by atoms with Gasteiger partial charge >= 0.3 is 0 Å². The van der Waals surface area contributed by atoms with E-state index >= 15 is 0 Å².